The SMILES string of the molecule is CCOc1ccc(N(CCCC(=O)N(Cc2ccccc2Cl)C(CC)C(=O)NC2CCCCC2)S(C)(=O)=O)cc1. The van der Waals surface area contributed by atoms with Crippen molar-refractivity contribution in [3.05, 3.63) is 59.1 Å². The van der Waals surface area contributed by atoms with Crippen molar-refractivity contribution >= 4 is 39.1 Å². The van der Waals surface area contributed by atoms with Gasteiger partial charge in [-0.1, -0.05) is 56.0 Å². The number of nitrogens with zero attached hydrogens (tertiary/aromatic N) is 2. The summed E-state index contributed by atoms with van der Waals surface area (Å²) < 4.78 is 31.9. The second-order valence-corrected chi connectivity index (χ2v) is 12.6. The highest BCUT2D eigenvalue weighted by atomic mass is 35.5. The number of halogens is 1. The van der Waals surface area contributed by atoms with E-state index in [2.05, 4.69) is 5.32 Å². The third-order valence-electron chi connectivity index (χ3n) is 7.22. The van der Waals surface area contributed by atoms with E-state index in [9.17, 15) is 18.0 Å². The second kappa shape index (κ2) is 15.3. The molecule has 1 aliphatic rings. The summed E-state index contributed by atoms with van der Waals surface area (Å²) in [6.07, 6.45) is 7.25. The van der Waals surface area contributed by atoms with Crippen LogP contribution >= 0.6 is 11.6 Å². The molecule has 1 N–H and O–H groups in total. The highest BCUT2D eigenvalue weighted by molar-refractivity contribution is 7.92. The highest BCUT2D eigenvalue weighted by Gasteiger charge is 2.31. The van der Waals surface area contributed by atoms with Gasteiger partial charge in [0.2, 0.25) is 21.8 Å². The number of hydrogen-bond acceptors (Lipinski definition) is 5. The first-order valence-electron chi connectivity index (χ1n) is 14.2. The number of sulfonamides is 1. The smallest absolute Gasteiger partial charge is 0.243 e. The third kappa shape index (κ3) is 9.13. The molecule has 2 aromatic rings. The van der Waals surface area contributed by atoms with Crippen molar-refractivity contribution in [2.75, 3.05) is 23.7 Å². The van der Waals surface area contributed by atoms with Crippen LogP contribution in [0.2, 0.25) is 5.02 Å². The average Bonchev–Trinajstić information content (AvgIpc) is 2.92. The molecule has 0 heterocycles. The molecule has 8 nitrogen and oxygen atoms in total. The van der Waals surface area contributed by atoms with Crippen molar-refractivity contribution in [3.8, 4) is 5.75 Å². The van der Waals surface area contributed by atoms with E-state index < -0.39 is 16.1 Å². The molecule has 1 atom stereocenters. The lowest BCUT2D eigenvalue weighted by atomic mass is 9.95. The lowest BCUT2D eigenvalue weighted by molar-refractivity contribution is -0.141. The van der Waals surface area contributed by atoms with E-state index in [1.165, 1.54) is 10.7 Å². The summed E-state index contributed by atoms with van der Waals surface area (Å²) in [6, 6.07) is 13.6. The van der Waals surface area contributed by atoms with Crippen molar-refractivity contribution in [2.24, 2.45) is 0 Å². The van der Waals surface area contributed by atoms with E-state index in [4.69, 9.17) is 16.3 Å². The van der Waals surface area contributed by atoms with E-state index in [0.717, 1.165) is 37.5 Å². The Kier molecular flexibility index (Phi) is 12.1. The molecule has 0 aromatic heterocycles. The zero-order valence-electron chi connectivity index (χ0n) is 23.8. The van der Waals surface area contributed by atoms with Crippen molar-refractivity contribution in [1.29, 1.82) is 0 Å². The van der Waals surface area contributed by atoms with E-state index in [1.807, 2.05) is 32.0 Å². The van der Waals surface area contributed by atoms with Gasteiger partial charge in [0.1, 0.15) is 11.8 Å². The minimum absolute atomic E-state index is 0.0840. The Bertz CT molecular complexity index is 1220. The fourth-order valence-electron chi connectivity index (χ4n) is 5.15. The minimum Gasteiger partial charge on any atom is -0.494 e. The Morgan fingerprint density at radius 2 is 1.73 bits per heavy atom. The number of hydrogen-bond donors (Lipinski definition) is 1. The molecule has 2 amide bonds. The molecule has 3 rings (SSSR count). The molecule has 0 saturated heterocycles. The van der Waals surface area contributed by atoms with Crippen molar-refractivity contribution in [1.82, 2.24) is 10.2 Å². The first-order valence-corrected chi connectivity index (χ1v) is 16.4. The molecule has 0 bridgehead atoms. The number of carbonyl (C=O) groups is 2. The highest BCUT2D eigenvalue weighted by Crippen LogP contribution is 2.24. The largest absolute Gasteiger partial charge is 0.494 e. The number of ether oxygens (including phenoxy) is 1. The van der Waals surface area contributed by atoms with Crippen LogP contribution in [0.3, 0.4) is 0 Å². The molecule has 10 heteroatoms. The first-order chi connectivity index (χ1) is 19.1. The predicted octanol–water partition coefficient (Wildman–Crippen LogP) is 5.54. The molecule has 2 aromatic carbocycles. The summed E-state index contributed by atoms with van der Waals surface area (Å²) in [5.74, 6) is 0.287. The molecule has 0 spiro atoms. The van der Waals surface area contributed by atoms with E-state index in [-0.39, 0.29) is 37.4 Å². The maximum Gasteiger partial charge on any atom is 0.243 e. The molecule has 1 aliphatic carbocycles. The molecule has 40 heavy (non-hydrogen) atoms. The van der Waals surface area contributed by atoms with Crippen LogP contribution in [-0.2, 0) is 26.2 Å². The van der Waals surface area contributed by atoms with Crippen LogP contribution in [0.4, 0.5) is 5.69 Å². The number of nitrogens with one attached hydrogen (secondary N) is 1. The summed E-state index contributed by atoms with van der Waals surface area (Å²) in [5.41, 5.74) is 1.26. The summed E-state index contributed by atoms with van der Waals surface area (Å²) >= 11 is 6.43. The maximum atomic E-state index is 13.7. The summed E-state index contributed by atoms with van der Waals surface area (Å²) in [4.78, 5) is 28.7. The van der Waals surface area contributed by atoms with Crippen molar-refractivity contribution in [2.45, 2.75) is 83.8 Å². The van der Waals surface area contributed by atoms with Crippen LogP contribution in [-0.4, -0.2) is 56.6 Å². The Balaban J connectivity index is 1.75. The fourth-order valence-corrected chi connectivity index (χ4v) is 6.31. The van der Waals surface area contributed by atoms with Gasteiger partial charge in [-0.25, -0.2) is 8.42 Å². The predicted molar refractivity (Wildman–Crippen MR) is 160 cm³/mol. The zero-order valence-corrected chi connectivity index (χ0v) is 25.3. The molecular weight excluding hydrogens is 550 g/mol. The summed E-state index contributed by atoms with van der Waals surface area (Å²) in [7, 11) is -3.58. The van der Waals surface area contributed by atoms with Gasteiger partial charge < -0.3 is 15.0 Å². The van der Waals surface area contributed by atoms with Crippen LogP contribution in [0.5, 0.6) is 5.75 Å². The lowest BCUT2D eigenvalue weighted by Gasteiger charge is -2.33. The number of amides is 2. The molecule has 1 unspecified atom stereocenters. The van der Waals surface area contributed by atoms with Gasteiger partial charge >= 0.3 is 0 Å². The molecule has 0 radical (unpaired) electrons. The molecular formula is C30H42ClN3O5S. The lowest BCUT2D eigenvalue weighted by Crippen LogP contribution is -2.51. The summed E-state index contributed by atoms with van der Waals surface area (Å²) in [6.45, 7) is 4.62. The van der Waals surface area contributed by atoms with Gasteiger partial charge in [0.25, 0.3) is 0 Å². The van der Waals surface area contributed by atoms with Gasteiger partial charge in [0.05, 0.1) is 18.6 Å². The fraction of sp³-hybridized carbons (Fsp3) is 0.533. The molecule has 220 valence electrons. The normalized spacial score (nSPS) is 14.8. The Hall–Kier alpha value is -2.78. The molecule has 0 aliphatic heterocycles. The van der Waals surface area contributed by atoms with Crippen LogP contribution < -0.4 is 14.4 Å². The first kappa shape index (κ1) is 31.7. The Labute approximate surface area is 244 Å². The van der Waals surface area contributed by atoms with Gasteiger partial charge in [0, 0.05) is 30.6 Å². The van der Waals surface area contributed by atoms with Gasteiger partial charge in [-0.15, -0.1) is 0 Å². The van der Waals surface area contributed by atoms with Gasteiger partial charge in [-0.3, -0.25) is 13.9 Å². The second-order valence-electron chi connectivity index (χ2n) is 10.2. The maximum absolute atomic E-state index is 13.7. The van der Waals surface area contributed by atoms with Gasteiger partial charge in [0.15, 0.2) is 0 Å². The Morgan fingerprint density at radius 3 is 2.33 bits per heavy atom. The van der Waals surface area contributed by atoms with Crippen molar-refractivity contribution in [3.63, 3.8) is 0 Å². The van der Waals surface area contributed by atoms with E-state index >= 15 is 0 Å². The van der Waals surface area contributed by atoms with Crippen LogP contribution in [0.25, 0.3) is 0 Å². The summed E-state index contributed by atoms with van der Waals surface area (Å²) in [5, 5.41) is 3.70. The van der Waals surface area contributed by atoms with Gasteiger partial charge in [-0.2, -0.15) is 0 Å². The minimum atomic E-state index is -3.58. The number of anilines is 1. The monoisotopic (exact) mass is 591 g/mol. The third-order valence-corrected chi connectivity index (χ3v) is 8.79. The number of carbonyl (C=O) groups excluding carboxylic acids is 2. The number of rotatable bonds is 14. The van der Waals surface area contributed by atoms with E-state index in [0.29, 0.717) is 35.9 Å². The average molecular weight is 592 g/mol. The standard InChI is InChI=1S/C30H42ClN3O5S/c1-4-28(30(36)32-24-13-7-6-8-14-24)33(22-23-12-9-10-15-27(23)31)29(35)16-11-21-34(40(3,37)38)25-17-19-26(20-18-25)39-5-2/h9-10,12,15,17-20,24,28H,4-8,11,13-14,16,21-22H2,1-3H3,(H,32,36). The van der Waals surface area contributed by atoms with Crippen LogP contribution in [0.15, 0.2) is 48.5 Å². The number of benzene rings is 2. The quantitative estimate of drug-likeness (QED) is 0.311. The van der Waals surface area contributed by atoms with Gasteiger partial charge in [-0.05, 0) is 68.5 Å². The molecule has 1 fully saturated rings. The Morgan fingerprint density at radius 1 is 1.05 bits per heavy atom. The van der Waals surface area contributed by atoms with Crippen molar-refractivity contribution < 1.29 is 22.7 Å². The molecule has 1 saturated carbocycles. The topological polar surface area (TPSA) is 96.0 Å². The van der Waals surface area contributed by atoms with Crippen LogP contribution in [0.1, 0.15) is 70.8 Å². The van der Waals surface area contributed by atoms with Crippen LogP contribution in [0, 0.1) is 0 Å². The zero-order chi connectivity index (χ0) is 29.1. The van der Waals surface area contributed by atoms with E-state index in [1.54, 1.807) is 35.2 Å².